The van der Waals surface area contributed by atoms with Crippen molar-refractivity contribution in [3.8, 4) is 5.75 Å². The van der Waals surface area contributed by atoms with Gasteiger partial charge in [0.1, 0.15) is 6.54 Å². The Bertz CT molecular complexity index is 1040. The number of para-hydroxylation sites is 2. The van der Waals surface area contributed by atoms with Crippen LogP contribution >= 0.6 is 0 Å². The minimum absolute atomic E-state index is 0.0383. The van der Waals surface area contributed by atoms with Gasteiger partial charge in [0.15, 0.2) is 11.5 Å². The third-order valence-corrected chi connectivity index (χ3v) is 5.63. The lowest BCUT2D eigenvalue weighted by atomic mass is 9.97. The number of aryl methyl sites for hydroxylation is 1. The molecule has 0 atom stereocenters. The predicted octanol–water partition coefficient (Wildman–Crippen LogP) is 4.77. The molecule has 0 saturated heterocycles. The third-order valence-electron chi connectivity index (χ3n) is 5.63. The van der Waals surface area contributed by atoms with Crippen LogP contribution in [0.25, 0.3) is 6.08 Å². The van der Waals surface area contributed by atoms with E-state index in [9.17, 15) is 9.59 Å². The highest BCUT2D eigenvalue weighted by atomic mass is 16.5. The number of nitrogens with zero attached hydrogens (tertiary/aromatic N) is 1. The van der Waals surface area contributed by atoms with Crippen LogP contribution in [0.2, 0.25) is 0 Å². The summed E-state index contributed by atoms with van der Waals surface area (Å²) in [5.74, 6) is 0.298. The van der Waals surface area contributed by atoms with E-state index in [1.165, 1.54) is 23.3 Å². The highest BCUT2D eigenvalue weighted by Crippen LogP contribution is 2.35. The number of rotatable bonds is 6. The summed E-state index contributed by atoms with van der Waals surface area (Å²) in [6, 6.07) is 15.2. The SMILES string of the molecule is Cc1cccc(C=C2Oc3ccccc3N(CC(=O)NCCC3=CCCCC3)C2=O)c1. The van der Waals surface area contributed by atoms with Crippen molar-refractivity contribution in [3.63, 3.8) is 0 Å². The first-order chi connectivity index (χ1) is 15.1. The monoisotopic (exact) mass is 416 g/mol. The maximum absolute atomic E-state index is 13.2. The normalized spacial score (nSPS) is 17.1. The third kappa shape index (κ3) is 5.23. The van der Waals surface area contributed by atoms with E-state index in [1.807, 2.05) is 49.4 Å². The number of hydrogen-bond acceptors (Lipinski definition) is 3. The molecule has 31 heavy (non-hydrogen) atoms. The summed E-state index contributed by atoms with van der Waals surface area (Å²) in [6.07, 6.45) is 9.64. The van der Waals surface area contributed by atoms with Crippen LogP contribution in [0.5, 0.6) is 5.75 Å². The highest BCUT2D eigenvalue weighted by molar-refractivity contribution is 6.12. The molecule has 1 aliphatic heterocycles. The van der Waals surface area contributed by atoms with Crippen LogP contribution in [-0.4, -0.2) is 24.9 Å². The van der Waals surface area contributed by atoms with E-state index in [0.717, 1.165) is 30.4 Å². The van der Waals surface area contributed by atoms with Gasteiger partial charge in [0, 0.05) is 6.54 Å². The van der Waals surface area contributed by atoms with Gasteiger partial charge in [0.2, 0.25) is 5.91 Å². The van der Waals surface area contributed by atoms with E-state index in [0.29, 0.717) is 18.0 Å². The Kier molecular flexibility index (Phi) is 6.51. The second-order valence-electron chi connectivity index (χ2n) is 8.09. The van der Waals surface area contributed by atoms with Crippen molar-refractivity contribution in [3.05, 3.63) is 77.1 Å². The van der Waals surface area contributed by atoms with E-state index in [2.05, 4.69) is 11.4 Å². The molecule has 0 spiro atoms. The highest BCUT2D eigenvalue weighted by Gasteiger charge is 2.31. The fourth-order valence-electron chi connectivity index (χ4n) is 4.02. The largest absolute Gasteiger partial charge is 0.449 e. The molecule has 2 amide bonds. The summed E-state index contributed by atoms with van der Waals surface area (Å²) in [6.45, 7) is 2.56. The Morgan fingerprint density at radius 3 is 2.84 bits per heavy atom. The van der Waals surface area contributed by atoms with Crippen LogP contribution in [0.15, 0.2) is 65.9 Å². The van der Waals surface area contributed by atoms with E-state index in [4.69, 9.17) is 4.74 Å². The zero-order valence-electron chi connectivity index (χ0n) is 17.9. The van der Waals surface area contributed by atoms with Crippen LogP contribution < -0.4 is 15.0 Å². The summed E-state index contributed by atoms with van der Waals surface area (Å²) >= 11 is 0. The Hall–Kier alpha value is -3.34. The van der Waals surface area contributed by atoms with Crippen LogP contribution in [0.1, 0.15) is 43.2 Å². The second-order valence-corrected chi connectivity index (χ2v) is 8.09. The van der Waals surface area contributed by atoms with Gasteiger partial charge in [0.25, 0.3) is 5.91 Å². The summed E-state index contributed by atoms with van der Waals surface area (Å²) < 4.78 is 5.89. The minimum Gasteiger partial charge on any atom is -0.449 e. The molecule has 1 aliphatic carbocycles. The lowest BCUT2D eigenvalue weighted by Gasteiger charge is -2.30. The Balaban J connectivity index is 1.48. The van der Waals surface area contributed by atoms with Gasteiger partial charge in [-0.3, -0.25) is 14.5 Å². The van der Waals surface area contributed by atoms with Crippen molar-refractivity contribution < 1.29 is 14.3 Å². The lowest BCUT2D eigenvalue weighted by molar-refractivity contribution is -0.123. The van der Waals surface area contributed by atoms with Crippen molar-refractivity contribution in [2.45, 2.75) is 39.0 Å². The number of benzene rings is 2. The van der Waals surface area contributed by atoms with Gasteiger partial charge >= 0.3 is 0 Å². The number of carbonyl (C=O) groups excluding carboxylic acids is 2. The first-order valence-corrected chi connectivity index (χ1v) is 10.9. The van der Waals surface area contributed by atoms with Crippen molar-refractivity contribution >= 4 is 23.6 Å². The molecular weight excluding hydrogens is 388 g/mol. The number of amides is 2. The summed E-state index contributed by atoms with van der Waals surface area (Å²) in [5, 5.41) is 2.97. The van der Waals surface area contributed by atoms with E-state index in [1.54, 1.807) is 12.1 Å². The molecule has 1 N–H and O–H groups in total. The van der Waals surface area contributed by atoms with Gasteiger partial charge in [-0.1, -0.05) is 53.6 Å². The number of ether oxygens (including phenoxy) is 1. The molecule has 0 aromatic heterocycles. The molecule has 160 valence electrons. The molecule has 0 saturated carbocycles. The Morgan fingerprint density at radius 1 is 1.16 bits per heavy atom. The summed E-state index contributed by atoms with van der Waals surface area (Å²) in [7, 11) is 0. The summed E-state index contributed by atoms with van der Waals surface area (Å²) in [5.41, 5.74) is 4.01. The van der Waals surface area contributed by atoms with Gasteiger partial charge in [-0.05, 0) is 62.8 Å². The molecule has 0 unspecified atom stereocenters. The molecule has 2 aromatic carbocycles. The van der Waals surface area contributed by atoms with Crippen LogP contribution in [0, 0.1) is 6.92 Å². The number of allylic oxidation sites excluding steroid dienone is 1. The van der Waals surface area contributed by atoms with Gasteiger partial charge < -0.3 is 10.1 Å². The number of hydrogen-bond donors (Lipinski definition) is 1. The number of anilines is 1. The quantitative estimate of drug-likeness (QED) is 0.545. The Labute approximate surface area is 183 Å². The van der Waals surface area contributed by atoms with Crippen LogP contribution in [0.3, 0.4) is 0 Å². The molecule has 2 aromatic rings. The van der Waals surface area contributed by atoms with Crippen molar-refractivity contribution in [1.29, 1.82) is 0 Å². The smallest absolute Gasteiger partial charge is 0.294 e. The molecule has 0 bridgehead atoms. The average molecular weight is 417 g/mol. The molecule has 4 rings (SSSR count). The first kappa shape index (κ1) is 20.9. The topological polar surface area (TPSA) is 58.6 Å². The fourth-order valence-corrected chi connectivity index (χ4v) is 4.02. The maximum Gasteiger partial charge on any atom is 0.294 e. The van der Waals surface area contributed by atoms with E-state index < -0.39 is 0 Å². The molecule has 5 heteroatoms. The van der Waals surface area contributed by atoms with Crippen molar-refractivity contribution in [1.82, 2.24) is 5.32 Å². The molecule has 0 fully saturated rings. The van der Waals surface area contributed by atoms with Gasteiger partial charge in [-0.2, -0.15) is 0 Å². The average Bonchev–Trinajstić information content (AvgIpc) is 2.77. The molecule has 1 heterocycles. The first-order valence-electron chi connectivity index (χ1n) is 10.9. The number of nitrogens with one attached hydrogen (secondary N) is 1. The molecule has 0 radical (unpaired) electrons. The van der Waals surface area contributed by atoms with Crippen LogP contribution in [0.4, 0.5) is 5.69 Å². The Morgan fingerprint density at radius 2 is 2.03 bits per heavy atom. The van der Waals surface area contributed by atoms with E-state index >= 15 is 0 Å². The van der Waals surface area contributed by atoms with Crippen LogP contribution in [-0.2, 0) is 9.59 Å². The number of fused-ring (bicyclic) bond motifs is 1. The van der Waals surface area contributed by atoms with Gasteiger partial charge in [-0.15, -0.1) is 0 Å². The lowest BCUT2D eigenvalue weighted by Crippen LogP contribution is -2.44. The fraction of sp³-hybridized carbons (Fsp3) is 0.308. The van der Waals surface area contributed by atoms with Gasteiger partial charge in [-0.25, -0.2) is 0 Å². The summed E-state index contributed by atoms with van der Waals surface area (Å²) in [4.78, 5) is 27.3. The van der Waals surface area contributed by atoms with Gasteiger partial charge in [0.05, 0.1) is 5.69 Å². The zero-order valence-corrected chi connectivity index (χ0v) is 17.9. The molecule has 2 aliphatic rings. The zero-order chi connectivity index (χ0) is 21.6. The van der Waals surface area contributed by atoms with Crippen molar-refractivity contribution in [2.75, 3.05) is 18.0 Å². The minimum atomic E-state index is -0.314. The second kappa shape index (κ2) is 9.65. The standard InChI is InChI=1S/C26H28N2O3/c1-19-8-7-11-21(16-19)17-24-26(30)28(22-12-5-6-13-23(22)31-24)18-25(29)27-15-14-20-9-3-2-4-10-20/h5-9,11-13,16-17H,2-4,10,14-15,18H2,1H3,(H,27,29). The molecule has 5 nitrogen and oxygen atoms in total. The van der Waals surface area contributed by atoms with E-state index in [-0.39, 0.29) is 24.1 Å². The number of carbonyl (C=O) groups is 2. The maximum atomic E-state index is 13.2. The molecular formula is C26H28N2O3. The van der Waals surface area contributed by atoms with Crippen molar-refractivity contribution in [2.24, 2.45) is 0 Å². The predicted molar refractivity (Wildman–Crippen MR) is 123 cm³/mol.